The van der Waals surface area contributed by atoms with E-state index < -0.39 is 0 Å². The van der Waals surface area contributed by atoms with Crippen LogP contribution >= 0.6 is 11.6 Å². The highest BCUT2D eigenvalue weighted by Gasteiger charge is 2.14. The summed E-state index contributed by atoms with van der Waals surface area (Å²) in [7, 11) is 1.65. The van der Waals surface area contributed by atoms with Gasteiger partial charge < -0.3 is 10.5 Å². The molecule has 0 saturated heterocycles. The first-order valence-electron chi connectivity index (χ1n) is 5.70. The Morgan fingerprint density at radius 1 is 1.28 bits per heavy atom. The first kappa shape index (κ1) is 12.9. The summed E-state index contributed by atoms with van der Waals surface area (Å²) in [5, 5.41) is 0.597. The molecule has 2 rings (SSSR count). The number of aromatic nitrogens is 1. The number of para-hydroxylation sites is 1. The van der Waals surface area contributed by atoms with Crippen molar-refractivity contribution in [3.63, 3.8) is 0 Å². The van der Waals surface area contributed by atoms with Crippen LogP contribution in [-0.4, -0.2) is 12.1 Å². The predicted octanol–water partition coefficient (Wildman–Crippen LogP) is 2.99. The number of ether oxygens (including phenoxy) is 1. The summed E-state index contributed by atoms with van der Waals surface area (Å²) in [6.07, 6.45) is 2.34. The lowest BCUT2D eigenvalue weighted by atomic mass is 10.0. The van der Waals surface area contributed by atoms with Gasteiger partial charge >= 0.3 is 0 Å². The molecular weight excluding hydrogens is 248 g/mol. The maximum atomic E-state index is 6.15. The van der Waals surface area contributed by atoms with Crippen LogP contribution in [0.5, 0.6) is 5.75 Å². The Hall–Kier alpha value is -1.58. The molecule has 1 atom stereocenters. The minimum atomic E-state index is -0.241. The summed E-state index contributed by atoms with van der Waals surface area (Å²) in [5.41, 5.74) is 7.91. The van der Waals surface area contributed by atoms with E-state index >= 15 is 0 Å². The van der Waals surface area contributed by atoms with Crippen LogP contribution in [0.25, 0.3) is 0 Å². The van der Waals surface area contributed by atoms with Crippen LogP contribution in [-0.2, 0) is 6.42 Å². The molecule has 1 aromatic carbocycles. The maximum absolute atomic E-state index is 6.15. The molecule has 0 aliphatic heterocycles. The minimum absolute atomic E-state index is 0.241. The fourth-order valence-corrected chi connectivity index (χ4v) is 2.14. The monoisotopic (exact) mass is 262 g/mol. The van der Waals surface area contributed by atoms with Crippen molar-refractivity contribution in [3.05, 3.63) is 58.9 Å². The zero-order chi connectivity index (χ0) is 13.0. The molecule has 18 heavy (non-hydrogen) atoms. The van der Waals surface area contributed by atoms with Gasteiger partial charge in [-0.05, 0) is 30.2 Å². The number of pyridine rings is 1. The Morgan fingerprint density at radius 3 is 2.78 bits per heavy atom. The van der Waals surface area contributed by atoms with Crippen LogP contribution in [0.1, 0.15) is 17.3 Å². The van der Waals surface area contributed by atoms with Gasteiger partial charge in [0, 0.05) is 6.20 Å². The van der Waals surface area contributed by atoms with Crippen molar-refractivity contribution in [2.75, 3.05) is 7.11 Å². The number of nitrogens with zero attached hydrogens (tertiary/aromatic N) is 1. The van der Waals surface area contributed by atoms with E-state index in [1.807, 2.05) is 24.3 Å². The summed E-state index contributed by atoms with van der Waals surface area (Å²) in [6, 6.07) is 11.2. The van der Waals surface area contributed by atoms with Crippen LogP contribution < -0.4 is 10.5 Å². The van der Waals surface area contributed by atoms with Crippen LogP contribution in [0, 0.1) is 0 Å². The predicted molar refractivity (Wildman–Crippen MR) is 72.9 cm³/mol. The lowest BCUT2D eigenvalue weighted by molar-refractivity contribution is 0.408. The molecule has 0 aliphatic rings. The van der Waals surface area contributed by atoms with Gasteiger partial charge in [0.2, 0.25) is 0 Å². The van der Waals surface area contributed by atoms with Gasteiger partial charge in [0.15, 0.2) is 0 Å². The highest BCUT2D eigenvalue weighted by atomic mass is 35.5. The molecule has 0 aliphatic carbocycles. The number of hydrogen-bond acceptors (Lipinski definition) is 3. The van der Waals surface area contributed by atoms with Crippen molar-refractivity contribution in [2.24, 2.45) is 5.73 Å². The third-order valence-corrected chi connectivity index (χ3v) is 3.09. The van der Waals surface area contributed by atoms with Crippen molar-refractivity contribution >= 4 is 11.6 Å². The quantitative estimate of drug-likeness (QED) is 0.922. The van der Waals surface area contributed by atoms with Gasteiger partial charge in [-0.15, -0.1) is 0 Å². The average molecular weight is 263 g/mol. The smallest absolute Gasteiger partial charge is 0.122 e. The molecule has 0 saturated carbocycles. The normalized spacial score (nSPS) is 12.2. The van der Waals surface area contributed by atoms with Crippen molar-refractivity contribution in [1.82, 2.24) is 4.98 Å². The van der Waals surface area contributed by atoms with Crippen molar-refractivity contribution in [1.29, 1.82) is 0 Å². The van der Waals surface area contributed by atoms with E-state index in [2.05, 4.69) is 4.98 Å². The summed E-state index contributed by atoms with van der Waals surface area (Å²) in [6.45, 7) is 0. The number of methoxy groups -OCH3 is 1. The number of benzene rings is 1. The second-order valence-corrected chi connectivity index (χ2v) is 4.40. The van der Waals surface area contributed by atoms with Crippen molar-refractivity contribution in [2.45, 2.75) is 12.5 Å². The largest absolute Gasteiger partial charge is 0.496 e. The van der Waals surface area contributed by atoms with E-state index in [9.17, 15) is 0 Å². The molecule has 0 radical (unpaired) electrons. The number of nitrogens with two attached hydrogens (primary N) is 1. The van der Waals surface area contributed by atoms with E-state index in [4.69, 9.17) is 22.1 Å². The zero-order valence-corrected chi connectivity index (χ0v) is 10.9. The Labute approximate surface area is 112 Å². The molecule has 1 aromatic heterocycles. The van der Waals surface area contributed by atoms with E-state index in [0.29, 0.717) is 17.1 Å². The standard InChI is InChI=1S/C14H15ClN2O/c1-18-13-7-3-2-5-10(13)9-12(16)14-11(15)6-4-8-17-14/h2-8,12H,9,16H2,1H3. The molecule has 4 heteroatoms. The average Bonchev–Trinajstić information content (AvgIpc) is 2.39. The van der Waals surface area contributed by atoms with Crippen LogP contribution in [0.3, 0.4) is 0 Å². The molecule has 0 spiro atoms. The highest BCUT2D eigenvalue weighted by Crippen LogP contribution is 2.25. The highest BCUT2D eigenvalue weighted by molar-refractivity contribution is 6.31. The van der Waals surface area contributed by atoms with Gasteiger partial charge in [-0.2, -0.15) is 0 Å². The number of rotatable bonds is 4. The first-order valence-corrected chi connectivity index (χ1v) is 6.08. The molecule has 1 unspecified atom stereocenters. The fourth-order valence-electron chi connectivity index (χ4n) is 1.88. The molecule has 94 valence electrons. The van der Waals surface area contributed by atoms with Crippen molar-refractivity contribution in [3.8, 4) is 5.75 Å². The van der Waals surface area contributed by atoms with Crippen molar-refractivity contribution < 1.29 is 4.74 Å². The van der Waals surface area contributed by atoms with Gasteiger partial charge in [0.1, 0.15) is 5.75 Å². The lowest BCUT2D eigenvalue weighted by Gasteiger charge is -2.14. The summed E-state index contributed by atoms with van der Waals surface area (Å²) in [5.74, 6) is 0.833. The van der Waals surface area contributed by atoms with E-state index in [0.717, 1.165) is 11.3 Å². The molecule has 1 heterocycles. The van der Waals surface area contributed by atoms with Crippen LogP contribution in [0.15, 0.2) is 42.6 Å². The second kappa shape index (κ2) is 5.85. The Bertz CT molecular complexity index is 531. The summed E-state index contributed by atoms with van der Waals surface area (Å²) < 4.78 is 5.30. The van der Waals surface area contributed by atoms with Crippen LogP contribution in [0.2, 0.25) is 5.02 Å². The van der Waals surface area contributed by atoms with Gasteiger partial charge in [-0.25, -0.2) is 0 Å². The zero-order valence-electron chi connectivity index (χ0n) is 10.1. The molecule has 0 bridgehead atoms. The Balaban J connectivity index is 2.21. The Morgan fingerprint density at radius 2 is 2.06 bits per heavy atom. The Kier molecular flexibility index (Phi) is 4.18. The molecule has 0 fully saturated rings. The summed E-state index contributed by atoms with van der Waals surface area (Å²) in [4.78, 5) is 4.23. The first-order chi connectivity index (χ1) is 8.72. The molecular formula is C14H15ClN2O. The lowest BCUT2D eigenvalue weighted by Crippen LogP contribution is -2.15. The maximum Gasteiger partial charge on any atom is 0.122 e. The number of halogens is 1. The van der Waals surface area contributed by atoms with Gasteiger partial charge in [0.25, 0.3) is 0 Å². The third kappa shape index (κ3) is 2.81. The van der Waals surface area contributed by atoms with Crippen LogP contribution in [0.4, 0.5) is 0 Å². The van der Waals surface area contributed by atoms with Gasteiger partial charge in [-0.3, -0.25) is 4.98 Å². The van der Waals surface area contributed by atoms with E-state index in [-0.39, 0.29) is 6.04 Å². The fraction of sp³-hybridized carbons (Fsp3) is 0.214. The third-order valence-electron chi connectivity index (χ3n) is 2.77. The minimum Gasteiger partial charge on any atom is -0.496 e. The molecule has 2 aromatic rings. The van der Waals surface area contributed by atoms with E-state index in [1.165, 1.54) is 0 Å². The second-order valence-electron chi connectivity index (χ2n) is 3.99. The molecule has 3 nitrogen and oxygen atoms in total. The summed E-state index contributed by atoms with van der Waals surface area (Å²) >= 11 is 6.09. The number of hydrogen-bond donors (Lipinski definition) is 1. The SMILES string of the molecule is COc1ccccc1CC(N)c1ncccc1Cl. The molecule has 2 N–H and O–H groups in total. The molecule has 0 amide bonds. The van der Waals surface area contributed by atoms with E-state index in [1.54, 1.807) is 25.4 Å². The topological polar surface area (TPSA) is 48.1 Å². The van der Waals surface area contributed by atoms with Gasteiger partial charge in [-0.1, -0.05) is 29.8 Å². The van der Waals surface area contributed by atoms with Gasteiger partial charge in [0.05, 0.1) is 23.9 Å².